The van der Waals surface area contributed by atoms with Gasteiger partial charge < -0.3 is 9.47 Å². The van der Waals surface area contributed by atoms with Gasteiger partial charge in [-0.1, -0.05) is 12.1 Å². The van der Waals surface area contributed by atoms with Gasteiger partial charge in [-0.15, -0.1) is 0 Å². The summed E-state index contributed by atoms with van der Waals surface area (Å²) in [5, 5.41) is 0. The molecule has 0 fully saturated rings. The minimum Gasteiger partial charge on any atom is -0.454 e. The molecule has 1 aliphatic rings. The lowest BCUT2D eigenvalue weighted by Crippen LogP contribution is -2.39. The predicted octanol–water partition coefficient (Wildman–Crippen LogP) is 3.02. The molecule has 23 heavy (non-hydrogen) atoms. The zero-order chi connectivity index (χ0) is 16.4. The molecule has 1 aromatic heterocycles. The van der Waals surface area contributed by atoms with E-state index in [1.165, 1.54) is 30.5 Å². The third kappa shape index (κ3) is 3.20. The highest BCUT2D eigenvalue weighted by atomic mass is 19.4. The van der Waals surface area contributed by atoms with Crippen LogP contribution in [0.3, 0.4) is 0 Å². The average molecular weight is 324 g/mol. The van der Waals surface area contributed by atoms with Gasteiger partial charge in [0.25, 0.3) is 5.91 Å². The fourth-order valence-corrected chi connectivity index (χ4v) is 2.19. The second-order valence-corrected chi connectivity index (χ2v) is 4.73. The molecule has 1 aromatic carbocycles. The lowest BCUT2D eigenvalue weighted by atomic mass is 10.1. The summed E-state index contributed by atoms with van der Waals surface area (Å²) < 4.78 is 48.9. The summed E-state index contributed by atoms with van der Waals surface area (Å²) in [5.74, 6) is -0.487. The number of pyridine rings is 1. The van der Waals surface area contributed by atoms with Crippen molar-refractivity contribution < 1.29 is 27.4 Å². The van der Waals surface area contributed by atoms with E-state index in [-0.39, 0.29) is 23.9 Å². The molecule has 0 saturated heterocycles. The van der Waals surface area contributed by atoms with Gasteiger partial charge in [-0.2, -0.15) is 13.2 Å². The van der Waals surface area contributed by atoms with Crippen LogP contribution in [0.25, 0.3) is 0 Å². The van der Waals surface area contributed by atoms with Crippen LogP contribution in [0.5, 0.6) is 11.5 Å². The molecule has 3 rings (SSSR count). The van der Waals surface area contributed by atoms with Gasteiger partial charge in [-0.05, 0) is 24.3 Å². The number of carbonyl (C=O) groups is 1. The molecule has 1 aliphatic heterocycles. The van der Waals surface area contributed by atoms with Crippen LogP contribution >= 0.6 is 0 Å². The zero-order valence-electron chi connectivity index (χ0n) is 11.7. The van der Waals surface area contributed by atoms with Crippen LogP contribution in [-0.4, -0.2) is 30.4 Å². The molecule has 2 heterocycles. The maximum Gasteiger partial charge on any atom is 0.406 e. The Morgan fingerprint density at radius 3 is 2.70 bits per heavy atom. The Balaban J connectivity index is 2.00. The molecule has 0 unspecified atom stereocenters. The van der Waals surface area contributed by atoms with Crippen molar-refractivity contribution in [3.05, 3.63) is 48.2 Å². The number of aromatic nitrogens is 1. The van der Waals surface area contributed by atoms with E-state index in [0.717, 1.165) is 0 Å². The molecule has 8 heteroatoms. The molecule has 0 aliphatic carbocycles. The van der Waals surface area contributed by atoms with Crippen LogP contribution in [0, 0.1) is 0 Å². The molecule has 1 amide bonds. The van der Waals surface area contributed by atoms with Crippen LogP contribution in [0.2, 0.25) is 0 Å². The molecule has 5 nitrogen and oxygen atoms in total. The highest BCUT2D eigenvalue weighted by molar-refractivity contribution is 6.08. The summed E-state index contributed by atoms with van der Waals surface area (Å²) in [7, 11) is 0. The second-order valence-electron chi connectivity index (χ2n) is 4.73. The van der Waals surface area contributed by atoms with E-state index >= 15 is 0 Å². The van der Waals surface area contributed by atoms with E-state index in [9.17, 15) is 18.0 Å². The summed E-state index contributed by atoms with van der Waals surface area (Å²) in [6.45, 7) is -1.53. The van der Waals surface area contributed by atoms with Crippen molar-refractivity contribution in [2.75, 3.05) is 18.2 Å². The molecule has 0 radical (unpaired) electrons. The van der Waals surface area contributed by atoms with Crippen LogP contribution in [0.15, 0.2) is 42.6 Å². The van der Waals surface area contributed by atoms with Gasteiger partial charge >= 0.3 is 6.18 Å². The minimum atomic E-state index is -4.57. The molecule has 0 spiro atoms. The molecule has 0 N–H and O–H groups in total. The first kappa shape index (κ1) is 15.1. The standard InChI is InChI=1S/C15H11F3N2O3/c16-15(17,18)8-20(12-6-1-2-7-19-12)14(21)10-4-3-5-11-13(10)23-9-22-11/h1-7H,8-9H2. The predicted molar refractivity (Wildman–Crippen MR) is 74.5 cm³/mol. The third-order valence-corrected chi connectivity index (χ3v) is 3.14. The van der Waals surface area contributed by atoms with Gasteiger partial charge in [0, 0.05) is 6.20 Å². The molecule has 0 atom stereocenters. The van der Waals surface area contributed by atoms with Crippen molar-refractivity contribution in [2.45, 2.75) is 6.18 Å². The minimum absolute atomic E-state index is 0.00472. The number of hydrogen-bond donors (Lipinski definition) is 0. The first-order valence-electron chi connectivity index (χ1n) is 6.64. The summed E-state index contributed by atoms with van der Waals surface area (Å²) >= 11 is 0. The topological polar surface area (TPSA) is 51.7 Å². The number of amides is 1. The monoisotopic (exact) mass is 324 g/mol. The molecular formula is C15H11F3N2O3. The normalized spacial score (nSPS) is 13.0. The van der Waals surface area contributed by atoms with E-state index in [0.29, 0.717) is 10.6 Å². The largest absolute Gasteiger partial charge is 0.454 e. The maximum absolute atomic E-state index is 12.9. The summed E-state index contributed by atoms with van der Waals surface area (Å²) in [6, 6.07) is 8.89. The van der Waals surface area contributed by atoms with Gasteiger partial charge in [0.05, 0.1) is 5.56 Å². The van der Waals surface area contributed by atoms with Crippen LogP contribution < -0.4 is 14.4 Å². The Labute approximate surface area is 129 Å². The highest BCUT2D eigenvalue weighted by Crippen LogP contribution is 2.36. The van der Waals surface area contributed by atoms with E-state index < -0.39 is 18.6 Å². The summed E-state index contributed by atoms with van der Waals surface area (Å²) in [6.07, 6.45) is -3.25. The number of alkyl halides is 3. The SMILES string of the molecule is O=C(c1cccc2c1OCO2)N(CC(F)(F)F)c1ccccn1. The Kier molecular flexibility index (Phi) is 3.81. The van der Waals surface area contributed by atoms with Gasteiger partial charge in [0.15, 0.2) is 11.5 Å². The third-order valence-electron chi connectivity index (χ3n) is 3.14. The van der Waals surface area contributed by atoms with Crippen molar-refractivity contribution in [3.8, 4) is 11.5 Å². The van der Waals surface area contributed by atoms with E-state index in [1.54, 1.807) is 12.1 Å². The Bertz CT molecular complexity index is 720. The maximum atomic E-state index is 12.9. The van der Waals surface area contributed by atoms with E-state index in [2.05, 4.69) is 4.98 Å². The number of para-hydroxylation sites is 1. The van der Waals surface area contributed by atoms with Crippen molar-refractivity contribution >= 4 is 11.7 Å². The van der Waals surface area contributed by atoms with Crippen LogP contribution in [0.4, 0.5) is 19.0 Å². The summed E-state index contributed by atoms with van der Waals surface area (Å²) in [4.78, 5) is 17.0. The lowest BCUT2D eigenvalue weighted by Gasteiger charge is -2.23. The molecule has 2 aromatic rings. The number of hydrogen-bond acceptors (Lipinski definition) is 4. The van der Waals surface area contributed by atoms with Crippen LogP contribution in [0.1, 0.15) is 10.4 Å². The Hall–Kier alpha value is -2.77. The number of carbonyl (C=O) groups excluding carboxylic acids is 1. The first-order valence-corrected chi connectivity index (χ1v) is 6.64. The molecule has 0 saturated carbocycles. The fourth-order valence-electron chi connectivity index (χ4n) is 2.19. The highest BCUT2D eigenvalue weighted by Gasteiger charge is 2.36. The van der Waals surface area contributed by atoms with Crippen LogP contribution in [-0.2, 0) is 0 Å². The quantitative estimate of drug-likeness (QED) is 0.871. The van der Waals surface area contributed by atoms with Gasteiger partial charge in [0.1, 0.15) is 12.4 Å². The van der Waals surface area contributed by atoms with E-state index in [4.69, 9.17) is 9.47 Å². The number of halogens is 3. The van der Waals surface area contributed by atoms with Crippen molar-refractivity contribution in [1.29, 1.82) is 0 Å². The van der Waals surface area contributed by atoms with Crippen molar-refractivity contribution in [3.63, 3.8) is 0 Å². The zero-order valence-corrected chi connectivity index (χ0v) is 11.7. The van der Waals surface area contributed by atoms with Crippen molar-refractivity contribution in [1.82, 2.24) is 4.98 Å². The Morgan fingerprint density at radius 2 is 2.00 bits per heavy atom. The number of nitrogens with zero attached hydrogens (tertiary/aromatic N) is 2. The molecule has 120 valence electrons. The number of benzene rings is 1. The lowest BCUT2D eigenvalue weighted by molar-refractivity contribution is -0.118. The first-order chi connectivity index (χ1) is 11.0. The average Bonchev–Trinajstić information content (AvgIpc) is 3.00. The number of fused-ring (bicyclic) bond motifs is 1. The number of rotatable bonds is 3. The van der Waals surface area contributed by atoms with Gasteiger partial charge in [0.2, 0.25) is 6.79 Å². The van der Waals surface area contributed by atoms with Gasteiger partial charge in [-0.3, -0.25) is 9.69 Å². The molecular weight excluding hydrogens is 313 g/mol. The number of anilines is 1. The van der Waals surface area contributed by atoms with Crippen molar-refractivity contribution in [2.24, 2.45) is 0 Å². The fraction of sp³-hybridized carbons (Fsp3) is 0.200. The van der Waals surface area contributed by atoms with E-state index in [1.807, 2.05) is 0 Å². The second kappa shape index (κ2) is 5.79. The smallest absolute Gasteiger partial charge is 0.406 e. The summed E-state index contributed by atoms with van der Waals surface area (Å²) in [5.41, 5.74) is -0.00472. The molecule has 0 bridgehead atoms. The Morgan fingerprint density at radius 1 is 1.17 bits per heavy atom. The number of ether oxygens (including phenoxy) is 2. The van der Waals surface area contributed by atoms with Gasteiger partial charge in [-0.25, -0.2) is 4.98 Å².